The van der Waals surface area contributed by atoms with E-state index in [0.29, 0.717) is 27.8 Å². The Balaban J connectivity index is 1.92. The van der Waals surface area contributed by atoms with Crippen LogP contribution >= 0.6 is 0 Å². The predicted octanol–water partition coefficient (Wildman–Crippen LogP) is 3.31. The lowest BCUT2D eigenvalue weighted by Crippen LogP contribution is -2.14. The molecule has 0 bridgehead atoms. The van der Waals surface area contributed by atoms with Crippen molar-refractivity contribution in [1.29, 1.82) is 0 Å². The van der Waals surface area contributed by atoms with Crippen LogP contribution in [0.15, 0.2) is 17.2 Å². The summed E-state index contributed by atoms with van der Waals surface area (Å²) in [6.07, 6.45) is -0.906. The summed E-state index contributed by atoms with van der Waals surface area (Å²) in [5, 5.41) is 4.61. The van der Waals surface area contributed by atoms with Gasteiger partial charge in [0.1, 0.15) is 11.3 Å². The molecule has 0 N–H and O–H groups in total. The molecule has 0 spiro atoms. The molecule has 4 heterocycles. The summed E-state index contributed by atoms with van der Waals surface area (Å²) in [6, 6.07) is 0.984. The molecule has 0 saturated heterocycles. The molecule has 0 aromatic carbocycles. The van der Waals surface area contributed by atoms with E-state index in [9.17, 15) is 17.7 Å². The summed E-state index contributed by atoms with van der Waals surface area (Å²) in [7, 11) is 1.68. The predicted molar refractivity (Wildman–Crippen MR) is 94.6 cm³/mol. The zero-order valence-corrected chi connectivity index (χ0v) is 15.7. The van der Waals surface area contributed by atoms with Crippen LogP contribution in [0, 0.1) is 0 Å². The van der Waals surface area contributed by atoms with Crippen molar-refractivity contribution in [2.45, 2.75) is 43.8 Å². The number of hydrogen-bond donors (Lipinski definition) is 0. The second-order valence-electron chi connectivity index (χ2n) is 6.50. The van der Waals surface area contributed by atoms with Crippen LogP contribution in [0.3, 0.4) is 0 Å². The van der Waals surface area contributed by atoms with E-state index in [1.807, 2.05) is 11.6 Å². The van der Waals surface area contributed by atoms with Gasteiger partial charge in [-0.05, 0) is 43.4 Å². The lowest BCUT2D eigenvalue weighted by Gasteiger charge is -2.15. The minimum atomic E-state index is -4.48. The van der Waals surface area contributed by atoms with Gasteiger partial charge in [0.25, 0.3) is 0 Å². The molecule has 0 saturated carbocycles. The van der Waals surface area contributed by atoms with Gasteiger partial charge in [0, 0.05) is 19.8 Å². The zero-order chi connectivity index (χ0) is 19.3. The summed E-state index contributed by atoms with van der Waals surface area (Å²) >= 11 is -1.25. The fourth-order valence-corrected chi connectivity index (χ4v) is 4.54. The molecule has 0 fully saturated rings. The summed E-state index contributed by atoms with van der Waals surface area (Å²) in [6.45, 7) is 2.57. The number of aromatic nitrogens is 5. The van der Waals surface area contributed by atoms with Crippen molar-refractivity contribution < 1.29 is 17.7 Å². The van der Waals surface area contributed by atoms with Gasteiger partial charge in [-0.15, -0.1) is 0 Å². The topological polar surface area (TPSA) is 71.6 Å². The van der Waals surface area contributed by atoms with Crippen LogP contribution in [0.5, 0.6) is 0 Å². The van der Waals surface area contributed by atoms with Gasteiger partial charge in [-0.1, -0.05) is 0 Å². The quantitative estimate of drug-likeness (QED) is 0.636. The molecule has 3 aromatic heterocycles. The second kappa shape index (κ2) is 6.52. The largest absolute Gasteiger partial charge is 0.611 e. The number of aryl methyl sites for hydroxylation is 2. The average Bonchev–Trinajstić information content (AvgIpc) is 3.18. The number of rotatable bonds is 3. The third-order valence-electron chi connectivity index (χ3n) is 4.78. The monoisotopic (exact) mass is 397 g/mol. The van der Waals surface area contributed by atoms with Crippen LogP contribution in [0.2, 0.25) is 0 Å². The molecule has 0 amide bonds. The van der Waals surface area contributed by atoms with E-state index in [-0.39, 0.29) is 5.52 Å². The lowest BCUT2D eigenvalue weighted by molar-refractivity contribution is -0.137. The highest BCUT2D eigenvalue weighted by atomic mass is 32.2. The van der Waals surface area contributed by atoms with Crippen LogP contribution < -0.4 is 0 Å². The van der Waals surface area contributed by atoms with Crippen molar-refractivity contribution in [2.24, 2.45) is 7.05 Å². The van der Waals surface area contributed by atoms with E-state index in [1.165, 1.54) is 0 Å². The molecular formula is C17H18F3N5OS. The minimum absolute atomic E-state index is 0.140. The fraction of sp³-hybridized carbons (Fsp3) is 0.471. The first kappa shape index (κ1) is 18.3. The highest BCUT2D eigenvalue weighted by Crippen LogP contribution is 2.35. The van der Waals surface area contributed by atoms with Crippen LogP contribution in [-0.2, 0) is 37.4 Å². The van der Waals surface area contributed by atoms with Gasteiger partial charge in [-0.2, -0.15) is 18.3 Å². The van der Waals surface area contributed by atoms with E-state index in [0.717, 1.165) is 43.8 Å². The molecule has 0 radical (unpaired) electrons. The molecule has 27 heavy (non-hydrogen) atoms. The summed E-state index contributed by atoms with van der Waals surface area (Å²) in [5.41, 5.74) is 1.04. The summed E-state index contributed by atoms with van der Waals surface area (Å²) < 4.78 is 55.1. The van der Waals surface area contributed by atoms with E-state index >= 15 is 0 Å². The third-order valence-corrected chi connectivity index (χ3v) is 6.19. The lowest BCUT2D eigenvalue weighted by atomic mass is 10.1. The number of nitrogens with zero attached hydrogens (tertiary/aromatic N) is 5. The van der Waals surface area contributed by atoms with E-state index in [4.69, 9.17) is 0 Å². The first-order valence-electron chi connectivity index (χ1n) is 8.69. The maximum atomic E-state index is 13.0. The molecule has 1 atom stereocenters. The molecule has 1 aliphatic heterocycles. The standard InChI is InChI=1S/C17H18F3N5OS/c1-3-27(26)14-12-6-4-5-7-25(12)23-13(14)16-22-11-8-10(17(18,19)20)9-21-15(11)24(16)2/h8-9H,3-7H2,1-2H3. The molecule has 144 valence electrons. The van der Waals surface area contributed by atoms with Crippen molar-refractivity contribution in [3.63, 3.8) is 0 Å². The molecule has 1 unspecified atom stereocenters. The minimum Gasteiger partial charge on any atom is -0.611 e. The Hall–Kier alpha value is -2.07. The van der Waals surface area contributed by atoms with Gasteiger partial charge in [0.2, 0.25) is 4.90 Å². The van der Waals surface area contributed by atoms with Crippen molar-refractivity contribution in [2.75, 3.05) is 5.75 Å². The average molecular weight is 397 g/mol. The maximum absolute atomic E-state index is 13.0. The third kappa shape index (κ3) is 3.00. The Bertz CT molecular complexity index is 1010. The van der Waals surface area contributed by atoms with Gasteiger partial charge in [0.15, 0.2) is 17.2 Å². The zero-order valence-electron chi connectivity index (χ0n) is 14.9. The van der Waals surface area contributed by atoms with Crippen molar-refractivity contribution in [3.05, 3.63) is 23.5 Å². The van der Waals surface area contributed by atoms with Crippen LogP contribution in [0.1, 0.15) is 31.0 Å². The van der Waals surface area contributed by atoms with Gasteiger partial charge in [-0.3, -0.25) is 4.68 Å². The van der Waals surface area contributed by atoms with E-state index < -0.39 is 22.9 Å². The number of hydrogen-bond acceptors (Lipinski definition) is 4. The highest BCUT2D eigenvalue weighted by molar-refractivity contribution is 7.91. The number of alkyl halides is 3. The Labute approximate surface area is 156 Å². The summed E-state index contributed by atoms with van der Waals surface area (Å²) in [4.78, 5) is 8.95. The molecular weight excluding hydrogens is 379 g/mol. The molecule has 0 aliphatic carbocycles. The first-order valence-corrected chi connectivity index (χ1v) is 10.0. The normalized spacial score (nSPS) is 15.9. The Kier molecular flexibility index (Phi) is 4.42. The highest BCUT2D eigenvalue weighted by Gasteiger charge is 2.34. The van der Waals surface area contributed by atoms with Crippen LogP contribution in [0.25, 0.3) is 22.7 Å². The van der Waals surface area contributed by atoms with Crippen molar-refractivity contribution in [1.82, 2.24) is 24.3 Å². The smallest absolute Gasteiger partial charge is 0.417 e. The number of fused-ring (bicyclic) bond motifs is 2. The van der Waals surface area contributed by atoms with Gasteiger partial charge in [0.05, 0.1) is 11.3 Å². The molecule has 4 rings (SSSR count). The molecule has 3 aromatic rings. The number of imidazole rings is 1. The fourth-order valence-electron chi connectivity index (χ4n) is 3.43. The Morgan fingerprint density at radius 2 is 2.07 bits per heavy atom. The second-order valence-corrected chi connectivity index (χ2v) is 8.17. The number of pyridine rings is 1. The van der Waals surface area contributed by atoms with Crippen LogP contribution in [0.4, 0.5) is 13.2 Å². The molecule has 10 heteroatoms. The van der Waals surface area contributed by atoms with Crippen molar-refractivity contribution in [3.8, 4) is 11.5 Å². The van der Waals surface area contributed by atoms with Gasteiger partial charge in [-0.25, -0.2) is 9.97 Å². The number of halogens is 3. The molecule has 6 nitrogen and oxygen atoms in total. The Morgan fingerprint density at radius 1 is 1.30 bits per heavy atom. The SMILES string of the molecule is CC[S+]([O-])c1c(-c2nc3cc(C(F)(F)F)cnc3n2C)nn2c1CCCC2. The molecule has 1 aliphatic rings. The van der Waals surface area contributed by atoms with Crippen LogP contribution in [-0.4, -0.2) is 34.6 Å². The van der Waals surface area contributed by atoms with E-state index in [1.54, 1.807) is 11.6 Å². The first-order chi connectivity index (χ1) is 12.8. The van der Waals surface area contributed by atoms with E-state index in [2.05, 4.69) is 15.1 Å². The Morgan fingerprint density at radius 3 is 2.78 bits per heavy atom. The van der Waals surface area contributed by atoms with Crippen molar-refractivity contribution >= 4 is 22.3 Å². The maximum Gasteiger partial charge on any atom is 0.417 e. The van der Waals surface area contributed by atoms with Gasteiger partial charge >= 0.3 is 6.18 Å². The van der Waals surface area contributed by atoms with Gasteiger partial charge < -0.3 is 9.12 Å². The summed E-state index contributed by atoms with van der Waals surface area (Å²) in [5.74, 6) is 0.821.